The standard InChI is InChI=1S/C13H14F4/c1-5-6-7-9(14)11(16)8(13(2,3)4)12(17)10(7)15/h5H,1,6H2,2-4H3. The Balaban J connectivity index is 3.64. The number of rotatable bonds is 2. The Morgan fingerprint density at radius 1 is 0.941 bits per heavy atom. The van der Waals surface area contributed by atoms with Gasteiger partial charge in [0.05, 0.1) is 0 Å². The summed E-state index contributed by atoms with van der Waals surface area (Å²) in [7, 11) is 0. The van der Waals surface area contributed by atoms with Crippen molar-refractivity contribution in [2.24, 2.45) is 0 Å². The van der Waals surface area contributed by atoms with Gasteiger partial charge in [0, 0.05) is 11.1 Å². The van der Waals surface area contributed by atoms with Crippen molar-refractivity contribution in [3.63, 3.8) is 0 Å². The molecule has 0 saturated heterocycles. The minimum atomic E-state index is -1.34. The smallest absolute Gasteiger partial charge is 0.165 e. The Morgan fingerprint density at radius 2 is 1.35 bits per heavy atom. The predicted octanol–water partition coefficient (Wildman–Crippen LogP) is 4.27. The lowest BCUT2D eigenvalue weighted by atomic mass is 9.85. The highest BCUT2D eigenvalue weighted by molar-refractivity contribution is 5.34. The predicted molar refractivity (Wildman–Crippen MR) is 58.9 cm³/mol. The van der Waals surface area contributed by atoms with Gasteiger partial charge >= 0.3 is 0 Å². The molecule has 1 rings (SSSR count). The molecule has 1 aromatic rings. The molecule has 1 aromatic carbocycles. The molecule has 0 spiro atoms. The molecule has 0 unspecified atom stereocenters. The van der Waals surface area contributed by atoms with Crippen molar-refractivity contribution in [1.29, 1.82) is 0 Å². The summed E-state index contributed by atoms with van der Waals surface area (Å²) < 4.78 is 54.6. The number of halogens is 4. The second-order valence-corrected chi connectivity index (χ2v) is 4.85. The Kier molecular flexibility index (Phi) is 3.65. The first-order valence-electron chi connectivity index (χ1n) is 5.18. The number of allylic oxidation sites excluding steroid dienone is 1. The van der Waals surface area contributed by atoms with E-state index in [1.165, 1.54) is 26.8 Å². The van der Waals surface area contributed by atoms with Crippen molar-refractivity contribution in [2.45, 2.75) is 32.6 Å². The topological polar surface area (TPSA) is 0 Å². The molecule has 0 aliphatic rings. The molecule has 0 N–H and O–H groups in total. The average molecular weight is 246 g/mol. The molecule has 17 heavy (non-hydrogen) atoms. The maximum atomic E-state index is 13.7. The van der Waals surface area contributed by atoms with Gasteiger partial charge in [-0.1, -0.05) is 26.8 Å². The van der Waals surface area contributed by atoms with Crippen LogP contribution in [0.25, 0.3) is 0 Å². The lowest BCUT2D eigenvalue weighted by molar-refractivity contribution is 0.396. The van der Waals surface area contributed by atoms with Crippen LogP contribution in [0.15, 0.2) is 12.7 Å². The van der Waals surface area contributed by atoms with Gasteiger partial charge in [-0.05, 0) is 11.8 Å². The van der Waals surface area contributed by atoms with Crippen LogP contribution in [-0.4, -0.2) is 0 Å². The zero-order valence-corrected chi connectivity index (χ0v) is 10.0. The number of benzene rings is 1. The van der Waals surface area contributed by atoms with Crippen LogP contribution in [-0.2, 0) is 11.8 Å². The summed E-state index contributed by atoms with van der Waals surface area (Å²) in [5.41, 5.74) is -2.20. The van der Waals surface area contributed by atoms with Gasteiger partial charge in [0.1, 0.15) is 0 Å². The summed E-state index contributed by atoms with van der Waals surface area (Å²) in [6, 6.07) is 0. The lowest BCUT2D eigenvalue weighted by Gasteiger charge is -2.22. The largest absolute Gasteiger partial charge is 0.203 e. The van der Waals surface area contributed by atoms with Gasteiger partial charge in [-0.15, -0.1) is 6.58 Å². The Hall–Kier alpha value is -1.32. The molecule has 0 radical (unpaired) electrons. The Morgan fingerprint density at radius 3 is 1.65 bits per heavy atom. The molecule has 0 aromatic heterocycles. The van der Waals surface area contributed by atoms with E-state index >= 15 is 0 Å². The minimum absolute atomic E-state index is 0.254. The molecule has 0 amide bonds. The molecule has 0 aliphatic carbocycles. The van der Waals surface area contributed by atoms with E-state index in [4.69, 9.17) is 0 Å². The molecule has 0 heterocycles. The van der Waals surface area contributed by atoms with Crippen LogP contribution in [0.4, 0.5) is 17.6 Å². The molecule has 0 bridgehead atoms. The summed E-state index contributed by atoms with van der Waals surface area (Å²) in [4.78, 5) is 0. The fourth-order valence-corrected chi connectivity index (χ4v) is 1.66. The van der Waals surface area contributed by atoms with Crippen LogP contribution in [0.1, 0.15) is 31.9 Å². The third kappa shape index (κ3) is 2.35. The van der Waals surface area contributed by atoms with Crippen LogP contribution in [0.5, 0.6) is 0 Å². The highest BCUT2D eigenvalue weighted by Crippen LogP contribution is 2.33. The summed E-state index contributed by atoms with van der Waals surface area (Å²) in [5.74, 6) is -5.33. The van der Waals surface area contributed by atoms with E-state index in [1.807, 2.05) is 0 Å². The maximum Gasteiger partial charge on any atom is 0.165 e. The van der Waals surface area contributed by atoms with Crippen molar-refractivity contribution in [3.05, 3.63) is 47.1 Å². The van der Waals surface area contributed by atoms with Crippen molar-refractivity contribution in [1.82, 2.24) is 0 Å². The number of hydrogen-bond acceptors (Lipinski definition) is 0. The van der Waals surface area contributed by atoms with Gasteiger partial charge in [-0.25, -0.2) is 17.6 Å². The summed E-state index contributed by atoms with van der Waals surface area (Å²) in [6.07, 6.45) is 0.938. The van der Waals surface area contributed by atoms with Crippen LogP contribution in [0.3, 0.4) is 0 Å². The van der Waals surface area contributed by atoms with Crippen molar-refractivity contribution in [2.75, 3.05) is 0 Å². The van der Waals surface area contributed by atoms with E-state index in [0.29, 0.717) is 0 Å². The summed E-state index contributed by atoms with van der Waals surface area (Å²) in [5, 5.41) is 0. The molecule has 0 aliphatic heterocycles. The molecule has 0 nitrogen and oxygen atoms in total. The van der Waals surface area contributed by atoms with E-state index < -0.39 is 39.8 Å². The van der Waals surface area contributed by atoms with Gasteiger partial charge < -0.3 is 0 Å². The van der Waals surface area contributed by atoms with Crippen LogP contribution < -0.4 is 0 Å². The van der Waals surface area contributed by atoms with Gasteiger partial charge in [-0.2, -0.15) is 0 Å². The van der Waals surface area contributed by atoms with Crippen molar-refractivity contribution >= 4 is 0 Å². The third-order valence-electron chi connectivity index (χ3n) is 2.45. The molecular weight excluding hydrogens is 232 g/mol. The fraction of sp³-hybridized carbons (Fsp3) is 0.385. The normalized spacial score (nSPS) is 11.7. The number of hydrogen-bond donors (Lipinski definition) is 0. The van der Waals surface area contributed by atoms with Gasteiger partial charge in [0.15, 0.2) is 23.3 Å². The molecule has 4 heteroatoms. The van der Waals surface area contributed by atoms with E-state index in [0.717, 1.165) is 0 Å². The van der Waals surface area contributed by atoms with E-state index in [-0.39, 0.29) is 6.42 Å². The second-order valence-electron chi connectivity index (χ2n) is 4.85. The van der Waals surface area contributed by atoms with Crippen LogP contribution in [0, 0.1) is 23.3 Å². The second kappa shape index (κ2) is 4.51. The van der Waals surface area contributed by atoms with E-state index in [2.05, 4.69) is 6.58 Å². The van der Waals surface area contributed by atoms with Crippen molar-refractivity contribution in [3.8, 4) is 0 Å². The third-order valence-corrected chi connectivity index (χ3v) is 2.45. The van der Waals surface area contributed by atoms with Gasteiger partial charge in [-0.3, -0.25) is 0 Å². The molecular formula is C13H14F4. The first-order chi connectivity index (χ1) is 7.71. The van der Waals surface area contributed by atoms with Crippen LogP contribution >= 0.6 is 0 Å². The average Bonchev–Trinajstić information content (AvgIpc) is 2.20. The van der Waals surface area contributed by atoms with E-state index in [1.54, 1.807) is 0 Å². The Labute approximate surface area is 98.0 Å². The minimum Gasteiger partial charge on any atom is -0.203 e. The lowest BCUT2D eigenvalue weighted by Crippen LogP contribution is -2.20. The summed E-state index contributed by atoms with van der Waals surface area (Å²) >= 11 is 0. The fourth-order valence-electron chi connectivity index (χ4n) is 1.66. The molecule has 0 fully saturated rings. The SMILES string of the molecule is C=CCc1c(F)c(F)c(C(C)(C)C)c(F)c1F. The quantitative estimate of drug-likeness (QED) is 0.415. The first kappa shape index (κ1) is 13.7. The molecule has 0 saturated carbocycles. The monoisotopic (exact) mass is 246 g/mol. The van der Waals surface area contributed by atoms with Crippen LogP contribution in [0.2, 0.25) is 0 Å². The van der Waals surface area contributed by atoms with E-state index in [9.17, 15) is 17.6 Å². The zero-order chi connectivity index (χ0) is 13.4. The maximum absolute atomic E-state index is 13.7. The molecule has 94 valence electrons. The Bertz CT molecular complexity index is 426. The van der Waals surface area contributed by atoms with Gasteiger partial charge in [0.2, 0.25) is 0 Å². The van der Waals surface area contributed by atoms with Gasteiger partial charge in [0.25, 0.3) is 0 Å². The summed E-state index contributed by atoms with van der Waals surface area (Å²) in [6.45, 7) is 7.75. The van der Waals surface area contributed by atoms with Crippen molar-refractivity contribution < 1.29 is 17.6 Å². The first-order valence-corrected chi connectivity index (χ1v) is 5.18. The highest BCUT2D eigenvalue weighted by Gasteiger charge is 2.31. The zero-order valence-electron chi connectivity index (χ0n) is 10.0. The highest BCUT2D eigenvalue weighted by atomic mass is 19.2. The molecule has 0 atom stereocenters.